The third kappa shape index (κ3) is 6.64. The second-order valence-electron chi connectivity index (χ2n) is 4.86. The molecule has 1 fully saturated rings. The van der Waals surface area contributed by atoms with Crippen LogP contribution in [0.15, 0.2) is 0 Å². The molecule has 4 nitrogen and oxygen atoms in total. The minimum absolute atomic E-state index is 0.149. The van der Waals surface area contributed by atoms with Gasteiger partial charge in [0, 0.05) is 25.6 Å². The molecule has 0 aromatic carbocycles. The monoisotopic (exact) mass is 242 g/mol. The van der Waals surface area contributed by atoms with E-state index in [9.17, 15) is 4.79 Å². The molecular weight excluding hydrogens is 216 g/mol. The van der Waals surface area contributed by atoms with E-state index in [4.69, 9.17) is 10.5 Å². The summed E-state index contributed by atoms with van der Waals surface area (Å²) in [5.74, 6) is 0.149. The second-order valence-corrected chi connectivity index (χ2v) is 4.86. The smallest absolute Gasteiger partial charge is 0.219 e. The Kier molecular flexibility index (Phi) is 7.21. The second kappa shape index (κ2) is 8.48. The zero-order valence-corrected chi connectivity index (χ0v) is 10.9. The number of hydrogen-bond donors (Lipinski definition) is 2. The fraction of sp³-hybridized carbons (Fsp3) is 0.923. The average molecular weight is 242 g/mol. The number of ether oxygens (including phenoxy) is 1. The largest absolute Gasteiger partial charge is 0.378 e. The fourth-order valence-electron chi connectivity index (χ4n) is 2.12. The number of carbonyl (C=O) groups is 1. The predicted molar refractivity (Wildman–Crippen MR) is 68.7 cm³/mol. The summed E-state index contributed by atoms with van der Waals surface area (Å²) in [5, 5.41) is 2.89. The maximum atomic E-state index is 11.2. The van der Waals surface area contributed by atoms with Crippen molar-refractivity contribution >= 4 is 5.91 Å². The first kappa shape index (κ1) is 14.5. The Balaban J connectivity index is 1.92. The minimum Gasteiger partial charge on any atom is -0.378 e. The van der Waals surface area contributed by atoms with Gasteiger partial charge in [-0.15, -0.1) is 0 Å². The molecule has 1 aliphatic rings. The number of hydrogen-bond acceptors (Lipinski definition) is 3. The quantitative estimate of drug-likeness (QED) is 0.666. The highest BCUT2D eigenvalue weighted by atomic mass is 16.5. The molecule has 0 spiro atoms. The highest BCUT2D eigenvalue weighted by Crippen LogP contribution is 2.19. The van der Waals surface area contributed by atoms with Crippen molar-refractivity contribution in [1.29, 1.82) is 0 Å². The Hall–Kier alpha value is -0.610. The molecule has 17 heavy (non-hydrogen) atoms. The van der Waals surface area contributed by atoms with E-state index in [2.05, 4.69) is 5.32 Å². The van der Waals surface area contributed by atoms with Crippen molar-refractivity contribution < 1.29 is 9.53 Å². The lowest BCUT2D eigenvalue weighted by Crippen LogP contribution is -2.31. The van der Waals surface area contributed by atoms with E-state index in [-0.39, 0.29) is 5.91 Å². The van der Waals surface area contributed by atoms with Crippen molar-refractivity contribution in [2.45, 2.75) is 64.0 Å². The van der Waals surface area contributed by atoms with Crippen LogP contribution in [-0.4, -0.2) is 31.2 Å². The molecule has 0 saturated heterocycles. The first-order valence-corrected chi connectivity index (χ1v) is 6.86. The summed E-state index contributed by atoms with van der Waals surface area (Å²) in [6.45, 7) is 3.48. The first-order chi connectivity index (χ1) is 8.22. The molecule has 0 bridgehead atoms. The summed E-state index contributed by atoms with van der Waals surface area (Å²) in [6, 6.07) is 0.378. The summed E-state index contributed by atoms with van der Waals surface area (Å²) in [7, 11) is 0. The molecular formula is C13H26N2O2. The van der Waals surface area contributed by atoms with Crippen LogP contribution in [0.25, 0.3) is 0 Å². The van der Waals surface area contributed by atoms with E-state index in [1.165, 1.54) is 0 Å². The molecule has 3 N–H and O–H groups in total. The van der Waals surface area contributed by atoms with E-state index in [0.29, 0.717) is 18.6 Å². The maximum Gasteiger partial charge on any atom is 0.219 e. The summed E-state index contributed by atoms with van der Waals surface area (Å²) in [4.78, 5) is 11.2. The van der Waals surface area contributed by atoms with Gasteiger partial charge in [-0.25, -0.2) is 0 Å². The van der Waals surface area contributed by atoms with Gasteiger partial charge in [0.05, 0.1) is 6.10 Å². The lowest BCUT2D eigenvalue weighted by atomic mass is 9.94. The van der Waals surface area contributed by atoms with Crippen LogP contribution in [0, 0.1) is 0 Å². The van der Waals surface area contributed by atoms with Gasteiger partial charge < -0.3 is 15.8 Å². The van der Waals surface area contributed by atoms with E-state index in [0.717, 1.165) is 51.7 Å². The Morgan fingerprint density at radius 1 is 1.35 bits per heavy atom. The van der Waals surface area contributed by atoms with Gasteiger partial charge in [-0.1, -0.05) is 6.92 Å². The Labute approximate surface area is 104 Å². The lowest BCUT2D eigenvalue weighted by molar-refractivity contribution is -0.121. The molecule has 1 aliphatic carbocycles. The number of nitrogens with one attached hydrogen (secondary N) is 1. The molecule has 0 unspecified atom stereocenters. The molecule has 4 heteroatoms. The van der Waals surface area contributed by atoms with Gasteiger partial charge in [-0.2, -0.15) is 0 Å². The van der Waals surface area contributed by atoms with Crippen LogP contribution < -0.4 is 11.1 Å². The Bertz CT molecular complexity index is 213. The highest BCUT2D eigenvalue weighted by molar-refractivity contribution is 5.75. The molecule has 1 rings (SSSR count). The van der Waals surface area contributed by atoms with Crippen LogP contribution in [0.2, 0.25) is 0 Å². The van der Waals surface area contributed by atoms with Crippen LogP contribution in [0.4, 0.5) is 0 Å². The predicted octanol–water partition coefficient (Wildman–Crippen LogP) is 1.58. The van der Waals surface area contributed by atoms with Crippen LogP contribution in [0.5, 0.6) is 0 Å². The maximum absolute atomic E-state index is 11.2. The third-order valence-electron chi connectivity index (χ3n) is 3.19. The van der Waals surface area contributed by atoms with Crippen molar-refractivity contribution in [3.63, 3.8) is 0 Å². The van der Waals surface area contributed by atoms with Crippen LogP contribution in [0.1, 0.15) is 51.9 Å². The van der Waals surface area contributed by atoms with Crippen LogP contribution in [0.3, 0.4) is 0 Å². The van der Waals surface area contributed by atoms with Crippen molar-refractivity contribution in [1.82, 2.24) is 5.32 Å². The molecule has 0 aliphatic heterocycles. The van der Waals surface area contributed by atoms with E-state index >= 15 is 0 Å². The molecule has 1 amide bonds. The first-order valence-electron chi connectivity index (χ1n) is 6.86. The summed E-state index contributed by atoms with van der Waals surface area (Å²) in [5.41, 5.74) is 5.83. The van der Waals surface area contributed by atoms with E-state index in [1.807, 2.05) is 6.92 Å². The zero-order chi connectivity index (χ0) is 12.5. The van der Waals surface area contributed by atoms with Crippen LogP contribution >= 0.6 is 0 Å². The standard InChI is InChI=1S/C13H26N2O2/c1-2-4-13(16)15-9-3-10-17-12-7-5-11(14)6-8-12/h11-12H,2-10,14H2,1H3,(H,15,16). The number of carbonyl (C=O) groups excluding carboxylic acids is 1. The normalized spacial score (nSPS) is 24.6. The van der Waals surface area contributed by atoms with Gasteiger partial charge in [-0.3, -0.25) is 4.79 Å². The van der Waals surface area contributed by atoms with Gasteiger partial charge in [0.2, 0.25) is 5.91 Å². The number of nitrogens with two attached hydrogens (primary N) is 1. The lowest BCUT2D eigenvalue weighted by Gasteiger charge is -2.26. The molecule has 0 atom stereocenters. The third-order valence-corrected chi connectivity index (χ3v) is 3.19. The van der Waals surface area contributed by atoms with Crippen molar-refractivity contribution in [2.24, 2.45) is 5.73 Å². The molecule has 1 saturated carbocycles. The Morgan fingerprint density at radius 3 is 2.71 bits per heavy atom. The zero-order valence-electron chi connectivity index (χ0n) is 10.9. The molecule has 100 valence electrons. The summed E-state index contributed by atoms with van der Waals surface area (Å²) >= 11 is 0. The van der Waals surface area contributed by atoms with E-state index < -0.39 is 0 Å². The van der Waals surface area contributed by atoms with Crippen molar-refractivity contribution in [3.05, 3.63) is 0 Å². The summed E-state index contributed by atoms with van der Waals surface area (Å²) < 4.78 is 5.77. The van der Waals surface area contributed by atoms with E-state index in [1.54, 1.807) is 0 Å². The average Bonchev–Trinajstić information content (AvgIpc) is 2.31. The molecule has 0 heterocycles. The molecule has 0 aromatic rings. The highest BCUT2D eigenvalue weighted by Gasteiger charge is 2.18. The van der Waals surface area contributed by atoms with Crippen molar-refractivity contribution in [2.75, 3.05) is 13.2 Å². The fourth-order valence-corrected chi connectivity index (χ4v) is 2.12. The van der Waals surface area contributed by atoms with Gasteiger partial charge >= 0.3 is 0 Å². The Morgan fingerprint density at radius 2 is 2.06 bits per heavy atom. The van der Waals surface area contributed by atoms with Gasteiger partial charge in [0.15, 0.2) is 0 Å². The van der Waals surface area contributed by atoms with Gasteiger partial charge in [0.25, 0.3) is 0 Å². The summed E-state index contributed by atoms with van der Waals surface area (Å²) in [6.07, 6.45) is 7.16. The number of amides is 1. The molecule has 0 radical (unpaired) electrons. The minimum atomic E-state index is 0.149. The topological polar surface area (TPSA) is 64.3 Å². The van der Waals surface area contributed by atoms with Gasteiger partial charge in [-0.05, 0) is 38.5 Å². The van der Waals surface area contributed by atoms with Crippen molar-refractivity contribution in [3.8, 4) is 0 Å². The van der Waals surface area contributed by atoms with Crippen LogP contribution in [-0.2, 0) is 9.53 Å². The molecule has 0 aromatic heterocycles. The van der Waals surface area contributed by atoms with Gasteiger partial charge in [0.1, 0.15) is 0 Å². The SMILES string of the molecule is CCCC(=O)NCCCOC1CCC(N)CC1. The number of rotatable bonds is 7.